The van der Waals surface area contributed by atoms with E-state index < -0.39 is 30.3 Å². The minimum Gasteiger partial charge on any atom is -0.480 e. The van der Waals surface area contributed by atoms with E-state index in [1.807, 2.05) is 0 Å². The van der Waals surface area contributed by atoms with Gasteiger partial charge in [-0.05, 0) is 5.92 Å². The van der Waals surface area contributed by atoms with Gasteiger partial charge in [0, 0.05) is 0 Å². The van der Waals surface area contributed by atoms with Crippen molar-refractivity contribution >= 4 is 11.9 Å². The van der Waals surface area contributed by atoms with Crippen molar-refractivity contribution in [3.8, 4) is 0 Å². The largest absolute Gasteiger partial charge is 0.480 e. The number of carboxylic acid groups (broad SMARTS) is 1. The van der Waals surface area contributed by atoms with E-state index in [0.29, 0.717) is 0 Å². The molecule has 0 heterocycles. The topological polar surface area (TPSA) is 66.4 Å². The first-order valence-corrected chi connectivity index (χ1v) is 3.67. The molecule has 0 aromatic heterocycles. The SMILES string of the molecule is CC(C)[C@H](NC(=O)C(F)F)C(=O)O. The summed E-state index contributed by atoms with van der Waals surface area (Å²) in [6, 6.07) is -1.26. The zero-order valence-corrected chi connectivity index (χ0v) is 7.25. The van der Waals surface area contributed by atoms with Crippen LogP contribution in [-0.2, 0) is 9.59 Å². The standard InChI is InChI=1S/C7H11F2NO3/c1-3(2)4(7(12)13)10-6(11)5(8)9/h3-5H,1-2H3,(H,10,11)(H,12,13)/t4-/m0/s1. The number of hydrogen-bond acceptors (Lipinski definition) is 2. The Morgan fingerprint density at radius 1 is 1.31 bits per heavy atom. The number of aliphatic carboxylic acids is 1. The monoisotopic (exact) mass is 195 g/mol. The van der Waals surface area contributed by atoms with Crippen LogP contribution in [0.1, 0.15) is 13.8 Å². The van der Waals surface area contributed by atoms with Gasteiger partial charge in [-0.3, -0.25) is 4.79 Å². The van der Waals surface area contributed by atoms with Crippen LogP contribution in [0.5, 0.6) is 0 Å². The molecule has 4 nitrogen and oxygen atoms in total. The van der Waals surface area contributed by atoms with Crippen molar-refractivity contribution in [2.75, 3.05) is 0 Å². The Bertz CT molecular complexity index is 206. The second kappa shape index (κ2) is 4.74. The van der Waals surface area contributed by atoms with Crippen LogP contribution in [0, 0.1) is 5.92 Å². The van der Waals surface area contributed by atoms with E-state index >= 15 is 0 Å². The van der Waals surface area contributed by atoms with E-state index in [4.69, 9.17) is 5.11 Å². The Morgan fingerprint density at radius 3 is 2.00 bits per heavy atom. The summed E-state index contributed by atoms with van der Waals surface area (Å²) in [6.45, 7) is 3.04. The number of carbonyl (C=O) groups is 2. The van der Waals surface area contributed by atoms with Gasteiger partial charge in [-0.25, -0.2) is 4.79 Å². The molecule has 2 N–H and O–H groups in total. The van der Waals surface area contributed by atoms with Gasteiger partial charge in [0.05, 0.1) is 0 Å². The lowest BCUT2D eigenvalue weighted by molar-refractivity contribution is -0.145. The summed E-state index contributed by atoms with van der Waals surface area (Å²) in [5.74, 6) is -3.30. The molecule has 0 aliphatic heterocycles. The van der Waals surface area contributed by atoms with Gasteiger partial charge in [-0.2, -0.15) is 8.78 Å². The molecular weight excluding hydrogens is 184 g/mol. The molecule has 0 bridgehead atoms. The Kier molecular flexibility index (Phi) is 4.30. The van der Waals surface area contributed by atoms with E-state index in [1.54, 1.807) is 5.32 Å². The maximum atomic E-state index is 11.7. The maximum Gasteiger partial charge on any atom is 0.326 e. The average Bonchev–Trinajstić information content (AvgIpc) is 1.97. The van der Waals surface area contributed by atoms with Crippen LogP contribution in [-0.4, -0.2) is 29.5 Å². The smallest absolute Gasteiger partial charge is 0.326 e. The van der Waals surface area contributed by atoms with Crippen molar-refractivity contribution in [1.82, 2.24) is 5.32 Å². The molecule has 0 aromatic rings. The number of halogens is 2. The van der Waals surface area contributed by atoms with Crippen molar-refractivity contribution < 1.29 is 23.5 Å². The molecule has 0 aliphatic rings. The van der Waals surface area contributed by atoms with Gasteiger partial charge >= 0.3 is 12.4 Å². The highest BCUT2D eigenvalue weighted by atomic mass is 19.3. The number of carbonyl (C=O) groups excluding carboxylic acids is 1. The molecular formula is C7H11F2NO3. The number of carboxylic acids is 1. The Balaban J connectivity index is 4.27. The van der Waals surface area contributed by atoms with E-state index in [-0.39, 0.29) is 0 Å². The van der Waals surface area contributed by atoms with Crippen LogP contribution in [0.3, 0.4) is 0 Å². The minimum absolute atomic E-state index is 0.430. The van der Waals surface area contributed by atoms with E-state index in [1.165, 1.54) is 13.8 Å². The molecule has 0 fully saturated rings. The Labute approximate surface area is 73.9 Å². The summed E-state index contributed by atoms with van der Waals surface area (Å²) in [5, 5.41) is 10.2. The predicted molar refractivity (Wildman–Crippen MR) is 40.4 cm³/mol. The molecule has 76 valence electrons. The molecule has 0 aliphatic carbocycles. The van der Waals surface area contributed by atoms with Crippen LogP contribution in [0.15, 0.2) is 0 Å². The summed E-state index contributed by atoms with van der Waals surface area (Å²) in [7, 11) is 0. The number of amides is 1. The molecule has 13 heavy (non-hydrogen) atoms. The predicted octanol–water partition coefficient (Wildman–Crippen LogP) is 0.477. The zero-order valence-electron chi connectivity index (χ0n) is 7.25. The summed E-state index contributed by atoms with van der Waals surface area (Å²) in [4.78, 5) is 20.9. The normalized spacial score (nSPS) is 13.1. The third-order valence-electron chi connectivity index (χ3n) is 1.43. The van der Waals surface area contributed by atoms with Gasteiger partial charge in [0.2, 0.25) is 0 Å². The van der Waals surface area contributed by atoms with E-state index in [9.17, 15) is 18.4 Å². The average molecular weight is 195 g/mol. The molecule has 1 atom stereocenters. The van der Waals surface area contributed by atoms with Gasteiger partial charge < -0.3 is 10.4 Å². The van der Waals surface area contributed by atoms with Crippen LogP contribution >= 0.6 is 0 Å². The van der Waals surface area contributed by atoms with Gasteiger partial charge in [-0.15, -0.1) is 0 Å². The third kappa shape index (κ3) is 3.82. The van der Waals surface area contributed by atoms with E-state index in [2.05, 4.69) is 0 Å². The van der Waals surface area contributed by atoms with Crippen molar-refractivity contribution in [1.29, 1.82) is 0 Å². The summed E-state index contributed by atoms with van der Waals surface area (Å²) in [5.41, 5.74) is 0. The first kappa shape index (κ1) is 11.8. The molecule has 6 heteroatoms. The van der Waals surface area contributed by atoms with Crippen molar-refractivity contribution in [3.05, 3.63) is 0 Å². The highest BCUT2D eigenvalue weighted by Crippen LogP contribution is 2.03. The fraction of sp³-hybridized carbons (Fsp3) is 0.714. The number of hydrogen-bond donors (Lipinski definition) is 2. The molecule has 1 amide bonds. The lowest BCUT2D eigenvalue weighted by atomic mass is 10.1. The van der Waals surface area contributed by atoms with Gasteiger partial charge in [-0.1, -0.05) is 13.8 Å². The first-order valence-electron chi connectivity index (χ1n) is 3.67. The number of nitrogens with one attached hydrogen (secondary N) is 1. The second-order valence-corrected chi connectivity index (χ2v) is 2.87. The Hall–Kier alpha value is -1.20. The quantitative estimate of drug-likeness (QED) is 0.685. The van der Waals surface area contributed by atoms with Gasteiger partial charge in [0.1, 0.15) is 6.04 Å². The number of alkyl halides is 2. The molecule has 0 saturated heterocycles. The van der Waals surface area contributed by atoms with Crippen molar-refractivity contribution in [2.24, 2.45) is 5.92 Å². The van der Waals surface area contributed by atoms with Crippen molar-refractivity contribution in [2.45, 2.75) is 26.3 Å². The molecule has 0 rings (SSSR count). The molecule has 0 spiro atoms. The molecule has 0 aromatic carbocycles. The van der Waals surface area contributed by atoms with Crippen LogP contribution in [0.4, 0.5) is 8.78 Å². The maximum absolute atomic E-state index is 11.7. The number of rotatable bonds is 4. The second-order valence-electron chi connectivity index (χ2n) is 2.87. The lowest BCUT2D eigenvalue weighted by Gasteiger charge is -2.17. The molecule has 0 radical (unpaired) electrons. The summed E-state index contributed by atoms with van der Waals surface area (Å²) in [6.07, 6.45) is -3.18. The lowest BCUT2D eigenvalue weighted by Crippen LogP contribution is -2.46. The highest BCUT2D eigenvalue weighted by Gasteiger charge is 2.26. The Morgan fingerprint density at radius 2 is 1.77 bits per heavy atom. The van der Waals surface area contributed by atoms with Crippen LogP contribution in [0.25, 0.3) is 0 Å². The molecule has 0 unspecified atom stereocenters. The highest BCUT2D eigenvalue weighted by molar-refractivity contribution is 5.85. The van der Waals surface area contributed by atoms with Crippen LogP contribution < -0.4 is 5.32 Å². The van der Waals surface area contributed by atoms with Gasteiger partial charge in [0.25, 0.3) is 5.91 Å². The molecule has 0 saturated carbocycles. The van der Waals surface area contributed by atoms with Gasteiger partial charge in [0.15, 0.2) is 0 Å². The fourth-order valence-electron chi connectivity index (χ4n) is 0.730. The zero-order chi connectivity index (χ0) is 10.6. The van der Waals surface area contributed by atoms with Crippen LogP contribution in [0.2, 0.25) is 0 Å². The third-order valence-corrected chi connectivity index (χ3v) is 1.43. The van der Waals surface area contributed by atoms with E-state index in [0.717, 1.165) is 0 Å². The minimum atomic E-state index is -3.18. The fourth-order valence-corrected chi connectivity index (χ4v) is 0.730. The first-order chi connectivity index (χ1) is 5.86. The summed E-state index contributed by atoms with van der Waals surface area (Å²) < 4.78 is 23.4. The van der Waals surface area contributed by atoms with Crippen molar-refractivity contribution in [3.63, 3.8) is 0 Å². The summed E-state index contributed by atoms with van der Waals surface area (Å²) >= 11 is 0.